The van der Waals surface area contributed by atoms with Gasteiger partial charge in [-0.25, -0.2) is 0 Å². The molecule has 0 aliphatic carbocycles. The molecule has 0 bridgehead atoms. The highest BCUT2D eigenvalue weighted by atomic mass is 35.5. The van der Waals surface area contributed by atoms with E-state index in [-0.39, 0.29) is 42.6 Å². The molecule has 2 N–H and O–H groups in total. The minimum Gasteiger partial charge on any atom is -0.497 e. The van der Waals surface area contributed by atoms with Gasteiger partial charge in [-0.1, -0.05) is 0 Å². The second kappa shape index (κ2) is 9.28. The molecule has 2 amide bonds. The molecule has 150 valence electrons. The smallest absolute Gasteiger partial charge is 0.228 e. The molecular weight excluding hydrogens is 370 g/mol. The van der Waals surface area contributed by atoms with Crippen LogP contribution in [0.25, 0.3) is 0 Å². The van der Waals surface area contributed by atoms with E-state index in [2.05, 4.69) is 0 Å². The molecule has 2 saturated heterocycles. The average molecular weight is 398 g/mol. The molecule has 2 aliphatic rings. The van der Waals surface area contributed by atoms with Crippen LogP contribution in [-0.4, -0.2) is 56.6 Å². The first-order chi connectivity index (χ1) is 12.6. The van der Waals surface area contributed by atoms with E-state index >= 15 is 0 Å². The van der Waals surface area contributed by atoms with Crippen molar-refractivity contribution in [1.82, 2.24) is 4.90 Å². The molecule has 7 nitrogen and oxygen atoms in total. The van der Waals surface area contributed by atoms with Gasteiger partial charge in [0, 0.05) is 38.2 Å². The van der Waals surface area contributed by atoms with Crippen molar-refractivity contribution in [3.63, 3.8) is 0 Å². The van der Waals surface area contributed by atoms with Gasteiger partial charge in [-0.3, -0.25) is 9.59 Å². The maximum absolute atomic E-state index is 13.0. The topological polar surface area (TPSA) is 85.1 Å². The molecule has 0 spiro atoms. The Hall–Kier alpha value is -1.99. The molecule has 2 atom stereocenters. The predicted molar refractivity (Wildman–Crippen MR) is 106 cm³/mol. The van der Waals surface area contributed by atoms with Crippen LogP contribution in [-0.2, 0) is 9.59 Å². The predicted octanol–water partition coefficient (Wildman–Crippen LogP) is 1.82. The number of halogens is 1. The summed E-state index contributed by atoms with van der Waals surface area (Å²) in [5.74, 6) is 0.866. The summed E-state index contributed by atoms with van der Waals surface area (Å²) in [7, 11) is 3.14. The average Bonchev–Trinajstić information content (AvgIpc) is 3.08. The number of rotatable bonds is 5. The van der Waals surface area contributed by atoms with Gasteiger partial charge >= 0.3 is 0 Å². The number of carbonyl (C=O) groups excluding carboxylic acids is 2. The summed E-state index contributed by atoms with van der Waals surface area (Å²) in [6.45, 7) is 1.58. The highest BCUT2D eigenvalue weighted by Gasteiger charge is 2.40. The number of anilines is 1. The number of carbonyl (C=O) groups is 2. The van der Waals surface area contributed by atoms with Crippen LogP contribution in [0, 0.1) is 5.92 Å². The van der Waals surface area contributed by atoms with Gasteiger partial charge < -0.3 is 25.0 Å². The van der Waals surface area contributed by atoms with E-state index in [4.69, 9.17) is 15.2 Å². The van der Waals surface area contributed by atoms with Crippen LogP contribution in [0.4, 0.5) is 5.69 Å². The first-order valence-electron chi connectivity index (χ1n) is 9.12. The van der Waals surface area contributed by atoms with Gasteiger partial charge in [0.1, 0.15) is 11.5 Å². The molecule has 27 heavy (non-hydrogen) atoms. The molecule has 0 saturated carbocycles. The quantitative estimate of drug-likeness (QED) is 0.819. The van der Waals surface area contributed by atoms with Crippen LogP contribution in [0.2, 0.25) is 0 Å². The summed E-state index contributed by atoms with van der Waals surface area (Å²) in [5, 5.41) is 0. The highest BCUT2D eigenvalue weighted by Crippen LogP contribution is 2.36. The largest absolute Gasteiger partial charge is 0.497 e. The minimum atomic E-state index is -0.332. The summed E-state index contributed by atoms with van der Waals surface area (Å²) in [5.41, 5.74) is 6.51. The molecule has 2 aliphatic heterocycles. The highest BCUT2D eigenvalue weighted by molar-refractivity contribution is 6.01. The molecule has 1 aromatic carbocycles. The Morgan fingerprint density at radius 1 is 1.26 bits per heavy atom. The van der Waals surface area contributed by atoms with Gasteiger partial charge in [-0.05, 0) is 31.4 Å². The molecule has 2 fully saturated rings. The van der Waals surface area contributed by atoms with Gasteiger partial charge in [-0.15, -0.1) is 12.4 Å². The van der Waals surface area contributed by atoms with Gasteiger partial charge in [0.15, 0.2) is 0 Å². The van der Waals surface area contributed by atoms with Gasteiger partial charge in [-0.2, -0.15) is 0 Å². The third kappa shape index (κ3) is 4.30. The van der Waals surface area contributed by atoms with Crippen LogP contribution in [0.5, 0.6) is 11.5 Å². The zero-order chi connectivity index (χ0) is 18.7. The number of hydrogen-bond acceptors (Lipinski definition) is 5. The molecule has 2 heterocycles. The molecular formula is C19H28ClN3O4. The lowest BCUT2D eigenvalue weighted by molar-refractivity contribution is -0.139. The third-order valence-corrected chi connectivity index (χ3v) is 5.33. The Bertz CT molecular complexity index is 685. The van der Waals surface area contributed by atoms with Crippen molar-refractivity contribution in [2.75, 3.05) is 38.8 Å². The van der Waals surface area contributed by atoms with Crippen LogP contribution in [0.15, 0.2) is 18.2 Å². The zero-order valence-corrected chi connectivity index (χ0v) is 16.7. The van der Waals surface area contributed by atoms with Crippen molar-refractivity contribution >= 4 is 29.9 Å². The van der Waals surface area contributed by atoms with E-state index in [1.165, 1.54) is 0 Å². The number of benzene rings is 1. The number of piperidine rings is 1. The van der Waals surface area contributed by atoms with Crippen LogP contribution in [0.3, 0.4) is 0 Å². The Morgan fingerprint density at radius 2 is 2.04 bits per heavy atom. The first-order valence-corrected chi connectivity index (χ1v) is 9.12. The van der Waals surface area contributed by atoms with Crippen LogP contribution < -0.4 is 20.1 Å². The molecule has 2 unspecified atom stereocenters. The van der Waals surface area contributed by atoms with Gasteiger partial charge in [0.25, 0.3) is 0 Å². The Morgan fingerprint density at radius 3 is 2.70 bits per heavy atom. The van der Waals surface area contributed by atoms with E-state index in [0.717, 1.165) is 25.8 Å². The van der Waals surface area contributed by atoms with Crippen LogP contribution in [0.1, 0.15) is 25.7 Å². The summed E-state index contributed by atoms with van der Waals surface area (Å²) in [4.78, 5) is 29.1. The van der Waals surface area contributed by atoms with Crippen molar-refractivity contribution in [3.8, 4) is 11.5 Å². The molecule has 0 aromatic heterocycles. The van der Waals surface area contributed by atoms with E-state index in [1.807, 2.05) is 4.90 Å². The Kier molecular flexibility index (Phi) is 7.33. The molecule has 8 heteroatoms. The maximum atomic E-state index is 13.0. The summed E-state index contributed by atoms with van der Waals surface area (Å²) in [6, 6.07) is 5.42. The molecule has 3 rings (SSSR count). The number of amides is 2. The van der Waals surface area contributed by atoms with Crippen molar-refractivity contribution in [2.45, 2.75) is 31.7 Å². The zero-order valence-electron chi connectivity index (χ0n) is 15.8. The minimum absolute atomic E-state index is 0. The van der Waals surface area contributed by atoms with Crippen molar-refractivity contribution < 1.29 is 19.1 Å². The number of methoxy groups -OCH3 is 2. The normalized spacial score (nSPS) is 22.4. The summed E-state index contributed by atoms with van der Waals surface area (Å²) >= 11 is 0. The molecule has 1 aromatic rings. The Labute approximate surface area is 166 Å². The van der Waals surface area contributed by atoms with Crippen molar-refractivity contribution in [2.24, 2.45) is 11.7 Å². The number of hydrogen-bond donors (Lipinski definition) is 1. The fourth-order valence-electron chi connectivity index (χ4n) is 3.88. The second-order valence-corrected chi connectivity index (χ2v) is 6.86. The fraction of sp³-hybridized carbons (Fsp3) is 0.579. The van der Waals surface area contributed by atoms with Crippen LogP contribution >= 0.6 is 12.4 Å². The second-order valence-electron chi connectivity index (χ2n) is 6.86. The number of likely N-dealkylation sites (tertiary alicyclic amines) is 1. The lowest BCUT2D eigenvalue weighted by atomic mass is 9.98. The lowest BCUT2D eigenvalue weighted by Crippen LogP contribution is -2.50. The number of ether oxygens (including phenoxy) is 2. The summed E-state index contributed by atoms with van der Waals surface area (Å²) < 4.78 is 10.6. The first kappa shape index (κ1) is 21.3. The SMILES string of the molecule is COc1ccc(N2CC(C(=O)N3CCCCC3CN)CC2=O)c(OC)c1.Cl. The lowest BCUT2D eigenvalue weighted by Gasteiger charge is -2.36. The summed E-state index contributed by atoms with van der Waals surface area (Å²) in [6.07, 6.45) is 3.27. The van der Waals surface area contributed by atoms with E-state index in [1.54, 1.807) is 37.3 Å². The van der Waals surface area contributed by atoms with Gasteiger partial charge in [0.2, 0.25) is 11.8 Å². The van der Waals surface area contributed by atoms with Crippen molar-refractivity contribution in [1.29, 1.82) is 0 Å². The van der Waals surface area contributed by atoms with Crippen molar-refractivity contribution in [3.05, 3.63) is 18.2 Å². The van der Waals surface area contributed by atoms with E-state index in [0.29, 0.717) is 30.3 Å². The standard InChI is InChI=1S/C19H27N3O4.ClH/c1-25-15-6-7-16(17(10-15)26-2)22-12-13(9-18(22)23)19(24)21-8-4-3-5-14(21)11-20;/h6-7,10,13-14H,3-5,8-9,11-12,20H2,1-2H3;1H. The fourth-order valence-corrected chi connectivity index (χ4v) is 3.88. The number of nitrogens with two attached hydrogens (primary N) is 1. The number of nitrogens with zero attached hydrogens (tertiary/aromatic N) is 2. The van der Waals surface area contributed by atoms with E-state index < -0.39 is 0 Å². The van der Waals surface area contributed by atoms with Gasteiger partial charge in [0.05, 0.1) is 25.8 Å². The monoisotopic (exact) mass is 397 g/mol. The van der Waals surface area contributed by atoms with E-state index in [9.17, 15) is 9.59 Å². The Balaban J connectivity index is 0.00000261. The third-order valence-electron chi connectivity index (χ3n) is 5.33. The maximum Gasteiger partial charge on any atom is 0.228 e. The molecule has 0 radical (unpaired) electrons.